The molecule has 1 aliphatic heterocycles. The Labute approximate surface area is 189 Å². The van der Waals surface area contributed by atoms with Crippen LogP contribution in [0.5, 0.6) is 0 Å². The highest BCUT2D eigenvalue weighted by Crippen LogP contribution is 2.23. The third-order valence-corrected chi connectivity index (χ3v) is 5.53. The number of hydrogen-bond acceptors (Lipinski definition) is 4. The van der Waals surface area contributed by atoms with Gasteiger partial charge in [-0.15, -0.1) is 0 Å². The van der Waals surface area contributed by atoms with E-state index in [1.54, 1.807) is 20.8 Å². The molecule has 0 unspecified atom stereocenters. The number of carbonyl (C=O) groups excluding carboxylic acids is 3. The second-order valence-corrected chi connectivity index (χ2v) is 9.25. The molecule has 1 aliphatic rings. The van der Waals surface area contributed by atoms with Gasteiger partial charge in [0.05, 0.1) is 0 Å². The second-order valence-electron chi connectivity index (χ2n) is 9.25. The molecule has 1 heterocycles. The average Bonchev–Trinajstić information content (AvgIpc) is 2.76. The maximum absolute atomic E-state index is 13.1. The third kappa shape index (κ3) is 6.70. The highest BCUT2D eigenvalue weighted by molar-refractivity contribution is 6.07. The lowest BCUT2D eigenvalue weighted by atomic mass is 9.95. The van der Waals surface area contributed by atoms with Crippen LogP contribution in [-0.4, -0.2) is 54.6 Å². The number of piperidine rings is 1. The number of fused-ring (bicyclic) bond motifs is 1. The molecule has 0 saturated carbocycles. The van der Waals surface area contributed by atoms with Crippen molar-refractivity contribution in [3.63, 3.8) is 0 Å². The van der Waals surface area contributed by atoms with E-state index >= 15 is 0 Å². The van der Waals surface area contributed by atoms with Crippen LogP contribution in [0.4, 0.5) is 4.79 Å². The van der Waals surface area contributed by atoms with E-state index in [0.29, 0.717) is 25.6 Å². The molecule has 2 aromatic rings. The van der Waals surface area contributed by atoms with Crippen molar-refractivity contribution in [3.05, 3.63) is 48.0 Å². The molecule has 3 rings (SSSR count). The van der Waals surface area contributed by atoms with Crippen molar-refractivity contribution >= 4 is 28.7 Å². The van der Waals surface area contributed by atoms with Crippen LogP contribution in [-0.2, 0) is 9.53 Å². The summed E-state index contributed by atoms with van der Waals surface area (Å²) in [5.41, 5.74) is 0.184. The molecule has 2 aromatic carbocycles. The summed E-state index contributed by atoms with van der Waals surface area (Å²) in [7, 11) is 0. The molecule has 0 aliphatic carbocycles. The van der Waals surface area contributed by atoms with Crippen LogP contribution in [0.25, 0.3) is 10.8 Å². The molecule has 2 N–H and O–H groups in total. The van der Waals surface area contributed by atoms with Crippen LogP contribution in [0.1, 0.15) is 50.4 Å². The highest BCUT2D eigenvalue weighted by Gasteiger charge is 2.25. The first-order valence-electron chi connectivity index (χ1n) is 11.2. The van der Waals surface area contributed by atoms with Crippen molar-refractivity contribution < 1.29 is 19.1 Å². The Hall–Kier alpha value is -3.09. The summed E-state index contributed by atoms with van der Waals surface area (Å²) in [5.74, 6) is 0.308. The number of alkyl carbamates (subject to hydrolysis) is 1. The number of hydrogen-bond donors (Lipinski definition) is 2. The van der Waals surface area contributed by atoms with Gasteiger partial charge in [-0.2, -0.15) is 0 Å². The van der Waals surface area contributed by atoms with Gasteiger partial charge >= 0.3 is 6.09 Å². The predicted molar refractivity (Wildman–Crippen MR) is 124 cm³/mol. The zero-order valence-electron chi connectivity index (χ0n) is 19.1. The van der Waals surface area contributed by atoms with Crippen molar-refractivity contribution in [2.75, 3.05) is 26.2 Å². The third-order valence-electron chi connectivity index (χ3n) is 5.53. The number of benzene rings is 2. The number of nitrogens with zero attached hydrogens (tertiary/aromatic N) is 1. The Bertz CT molecular complexity index is 954. The van der Waals surface area contributed by atoms with Crippen LogP contribution in [0, 0.1) is 5.92 Å². The Balaban J connectivity index is 1.39. The fraction of sp³-hybridized carbons (Fsp3) is 0.480. The standard InChI is InChI=1S/C25H33N3O4/c1-25(2,3)32-24(31)26-14-11-22(29)27-17-18-12-15-28(16-13-18)23(30)21-10-6-8-19-7-4-5-9-20(19)21/h4-10,18H,11-17H2,1-3H3,(H,26,31)(H,27,29). The van der Waals surface area contributed by atoms with Gasteiger partial charge in [0.2, 0.25) is 5.91 Å². The zero-order valence-corrected chi connectivity index (χ0v) is 19.1. The van der Waals surface area contributed by atoms with Gasteiger partial charge in [-0.1, -0.05) is 36.4 Å². The first kappa shape index (κ1) is 23.6. The molecule has 172 valence electrons. The number of rotatable bonds is 6. The summed E-state index contributed by atoms with van der Waals surface area (Å²) in [4.78, 5) is 38.6. The Morgan fingerprint density at radius 2 is 1.69 bits per heavy atom. The summed E-state index contributed by atoms with van der Waals surface area (Å²) in [6, 6.07) is 13.8. The van der Waals surface area contributed by atoms with E-state index in [4.69, 9.17) is 4.74 Å². The lowest BCUT2D eigenvalue weighted by Crippen LogP contribution is -2.42. The van der Waals surface area contributed by atoms with Crippen LogP contribution in [0.2, 0.25) is 0 Å². The van der Waals surface area contributed by atoms with E-state index in [9.17, 15) is 14.4 Å². The van der Waals surface area contributed by atoms with Gasteiger partial charge in [0.1, 0.15) is 5.60 Å². The summed E-state index contributed by atoms with van der Waals surface area (Å²) in [6.45, 7) is 7.56. The van der Waals surface area contributed by atoms with Crippen molar-refractivity contribution in [1.82, 2.24) is 15.5 Å². The van der Waals surface area contributed by atoms with Gasteiger partial charge in [0, 0.05) is 38.2 Å². The van der Waals surface area contributed by atoms with Crippen LogP contribution < -0.4 is 10.6 Å². The van der Waals surface area contributed by atoms with E-state index in [2.05, 4.69) is 10.6 Å². The molecular weight excluding hydrogens is 406 g/mol. The summed E-state index contributed by atoms with van der Waals surface area (Å²) in [5, 5.41) is 7.58. The number of nitrogens with one attached hydrogen (secondary N) is 2. The molecule has 32 heavy (non-hydrogen) atoms. The normalized spacial score (nSPS) is 14.8. The average molecular weight is 440 g/mol. The molecule has 3 amide bonds. The largest absolute Gasteiger partial charge is 0.444 e. The minimum atomic E-state index is -0.559. The summed E-state index contributed by atoms with van der Waals surface area (Å²) < 4.78 is 5.15. The Kier molecular flexibility index (Phi) is 7.72. The SMILES string of the molecule is CC(C)(C)OC(=O)NCCC(=O)NCC1CCN(C(=O)c2cccc3ccccc23)CC1. The number of ether oxygens (including phenoxy) is 1. The lowest BCUT2D eigenvalue weighted by Gasteiger charge is -2.32. The number of likely N-dealkylation sites (tertiary alicyclic amines) is 1. The van der Waals surface area contributed by atoms with Crippen molar-refractivity contribution in [3.8, 4) is 0 Å². The number of amides is 3. The van der Waals surface area contributed by atoms with E-state index in [0.717, 1.165) is 29.2 Å². The van der Waals surface area contributed by atoms with E-state index in [1.807, 2.05) is 47.4 Å². The molecule has 0 bridgehead atoms. The minimum Gasteiger partial charge on any atom is -0.444 e. The minimum absolute atomic E-state index is 0.0671. The van der Waals surface area contributed by atoms with Gasteiger partial charge in [0.25, 0.3) is 5.91 Å². The molecular formula is C25H33N3O4. The second kappa shape index (κ2) is 10.5. The molecule has 0 atom stereocenters. The Morgan fingerprint density at radius 3 is 2.41 bits per heavy atom. The lowest BCUT2D eigenvalue weighted by molar-refractivity contribution is -0.121. The summed E-state index contributed by atoms with van der Waals surface area (Å²) in [6.07, 6.45) is 1.39. The molecule has 1 fully saturated rings. The van der Waals surface area contributed by atoms with Crippen LogP contribution >= 0.6 is 0 Å². The molecule has 1 saturated heterocycles. The molecule has 0 spiro atoms. The highest BCUT2D eigenvalue weighted by atomic mass is 16.6. The fourth-order valence-electron chi connectivity index (χ4n) is 3.86. The van der Waals surface area contributed by atoms with Crippen LogP contribution in [0.3, 0.4) is 0 Å². The zero-order chi connectivity index (χ0) is 23.1. The first-order chi connectivity index (χ1) is 15.2. The van der Waals surface area contributed by atoms with Crippen molar-refractivity contribution in [2.45, 2.75) is 45.6 Å². The topological polar surface area (TPSA) is 87.7 Å². The van der Waals surface area contributed by atoms with Crippen molar-refractivity contribution in [1.29, 1.82) is 0 Å². The predicted octanol–water partition coefficient (Wildman–Crippen LogP) is 3.72. The van der Waals surface area contributed by atoms with Gasteiger partial charge in [-0.05, 0) is 56.4 Å². The van der Waals surface area contributed by atoms with Gasteiger partial charge in [-0.25, -0.2) is 4.79 Å². The van der Waals surface area contributed by atoms with E-state index < -0.39 is 11.7 Å². The van der Waals surface area contributed by atoms with Gasteiger partial charge in [-0.3, -0.25) is 9.59 Å². The maximum Gasteiger partial charge on any atom is 0.407 e. The molecule has 7 heteroatoms. The maximum atomic E-state index is 13.1. The Morgan fingerprint density at radius 1 is 1.00 bits per heavy atom. The quantitative estimate of drug-likeness (QED) is 0.718. The van der Waals surface area contributed by atoms with Gasteiger partial charge < -0.3 is 20.3 Å². The number of carbonyl (C=O) groups is 3. The first-order valence-corrected chi connectivity index (χ1v) is 11.2. The molecule has 7 nitrogen and oxygen atoms in total. The molecule has 0 radical (unpaired) electrons. The fourth-order valence-corrected chi connectivity index (χ4v) is 3.86. The monoisotopic (exact) mass is 439 g/mol. The summed E-state index contributed by atoms with van der Waals surface area (Å²) >= 11 is 0. The smallest absolute Gasteiger partial charge is 0.407 e. The van der Waals surface area contributed by atoms with Crippen molar-refractivity contribution in [2.24, 2.45) is 5.92 Å². The molecule has 0 aromatic heterocycles. The van der Waals surface area contributed by atoms with Crippen LogP contribution in [0.15, 0.2) is 42.5 Å². The van der Waals surface area contributed by atoms with E-state index in [1.165, 1.54) is 0 Å². The van der Waals surface area contributed by atoms with Gasteiger partial charge in [0.15, 0.2) is 0 Å². The van der Waals surface area contributed by atoms with E-state index in [-0.39, 0.29) is 24.8 Å².